The quantitative estimate of drug-likeness (QED) is 0.766. The van der Waals surface area contributed by atoms with Gasteiger partial charge in [0.15, 0.2) is 0 Å². The van der Waals surface area contributed by atoms with Gasteiger partial charge in [0.25, 0.3) is 5.56 Å². The third-order valence-corrected chi connectivity index (χ3v) is 4.43. The van der Waals surface area contributed by atoms with Gasteiger partial charge in [-0.2, -0.15) is 0 Å². The van der Waals surface area contributed by atoms with E-state index in [1.54, 1.807) is 24.5 Å². The Bertz CT molecular complexity index is 936. The number of aromatic hydroxyl groups is 1. The van der Waals surface area contributed by atoms with E-state index in [9.17, 15) is 9.90 Å². The first-order valence-electron chi connectivity index (χ1n) is 8.22. The second kappa shape index (κ2) is 6.49. The first kappa shape index (κ1) is 15.5. The number of hydrogen-bond donors (Lipinski definition) is 2. The van der Waals surface area contributed by atoms with Crippen molar-refractivity contribution in [2.75, 3.05) is 6.54 Å². The number of H-pyrrole nitrogens is 1. The number of aromatic nitrogens is 3. The number of benzene rings is 1. The van der Waals surface area contributed by atoms with E-state index in [1.165, 1.54) is 0 Å². The second-order valence-corrected chi connectivity index (χ2v) is 6.21. The lowest BCUT2D eigenvalue weighted by molar-refractivity contribution is 0.240. The van der Waals surface area contributed by atoms with Crippen LogP contribution in [0.5, 0.6) is 5.75 Å². The maximum Gasteiger partial charge on any atom is 0.254 e. The molecule has 1 aromatic carbocycles. The van der Waals surface area contributed by atoms with E-state index in [0.717, 1.165) is 35.5 Å². The number of hydrogen-bond acceptors (Lipinski definition) is 5. The molecule has 0 saturated carbocycles. The first-order valence-corrected chi connectivity index (χ1v) is 8.22. The summed E-state index contributed by atoms with van der Waals surface area (Å²) in [6.45, 7) is 2.20. The second-order valence-electron chi connectivity index (χ2n) is 6.21. The van der Waals surface area contributed by atoms with Gasteiger partial charge in [-0.25, -0.2) is 4.98 Å². The van der Waals surface area contributed by atoms with Crippen molar-refractivity contribution < 1.29 is 5.11 Å². The predicted octanol–water partition coefficient (Wildman–Crippen LogP) is 2.10. The Morgan fingerprint density at radius 3 is 2.80 bits per heavy atom. The molecule has 0 radical (unpaired) electrons. The molecule has 2 N–H and O–H groups in total. The summed E-state index contributed by atoms with van der Waals surface area (Å²) < 4.78 is 0. The van der Waals surface area contributed by atoms with Gasteiger partial charge in [0.1, 0.15) is 11.6 Å². The zero-order chi connectivity index (χ0) is 17.2. The molecule has 25 heavy (non-hydrogen) atoms. The topological polar surface area (TPSA) is 82.1 Å². The predicted molar refractivity (Wildman–Crippen MR) is 94.0 cm³/mol. The fourth-order valence-corrected chi connectivity index (χ4v) is 3.13. The van der Waals surface area contributed by atoms with Crippen LogP contribution in [0.2, 0.25) is 0 Å². The maximum atomic E-state index is 12.4. The Kier molecular flexibility index (Phi) is 4.03. The minimum atomic E-state index is -0.0619. The molecule has 1 aliphatic rings. The molecule has 0 spiro atoms. The summed E-state index contributed by atoms with van der Waals surface area (Å²) in [5.41, 5.74) is 3.46. The molecule has 0 unspecified atom stereocenters. The molecule has 126 valence electrons. The van der Waals surface area contributed by atoms with Crippen LogP contribution in [0.25, 0.3) is 11.4 Å². The Hall–Kier alpha value is -2.99. The molecule has 3 aromatic rings. The molecule has 6 nitrogen and oxygen atoms in total. The van der Waals surface area contributed by atoms with Crippen molar-refractivity contribution in [3.8, 4) is 17.1 Å². The number of pyridine rings is 1. The Morgan fingerprint density at radius 1 is 1.20 bits per heavy atom. The van der Waals surface area contributed by atoms with E-state index in [-0.39, 0.29) is 11.3 Å². The van der Waals surface area contributed by atoms with E-state index >= 15 is 0 Å². The smallest absolute Gasteiger partial charge is 0.254 e. The highest BCUT2D eigenvalue weighted by Crippen LogP contribution is 2.20. The normalized spacial score (nSPS) is 14.2. The summed E-state index contributed by atoms with van der Waals surface area (Å²) in [6.07, 6.45) is 4.07. The van der Waals surface area contributed by atoms with E-state index in [0.29, 0.717) is 18.8 Å². The molecule has 6 heteroatoms. The SMILES string of the molecule is O=c1[nH]c(-c2cccnc2)nc2c1CCN(Cc1ccc(O)cc1)C2. The lowest BCUT2D eigenvalue weighted by atomic mass is 10.1. The highest BCUT2D eigenvalue weighted by molar-refractivity contribution is 5.53. The number of nitrogens with zero attached hydrogens (tertiary/aromatic N) is 3. The molecule has 4 rings (SSSR count). The van der Waals surface area contributed by atoms with Crippen molar-refractivity contribution in [2.45, 2.75) is 19.5 Å². The average Bonchev–Trinajstić information content (AvgIpc) is 2.64. The van der Waals surface area contributed by atoms with Crippen LogP contribution in [0.3, 0.4) is 0 Å². The van der Waals surface area contributed by atoms with Gasteiger partial charge in [-0.3, -0.25) is 14.7 Å². The van der Waals surface area contributed by atoms with Crippen molar-refractivity contribution >= 4 is 0 Å². The number of phenolic OH excluding ortho intramolecular Hbond substituents is 1. The minimum absolute atomic E-state index is 0.0619. The van der Waals surface area contributed by atoms with Gasteiger partial charge in [0.2, 0.25) is 0 Å². The molecule has 0 amide bonds. The van der Waals surface area contributed by atoms with Gasteiger partial charge in [-0.05, 0) is 36.2 Å². The monoisotopic (exact) mass is 334 g/mol. The molecule has 0 aliphatic carbocycles. The maximum absolute atomic E-state index is 12.4. The number of aromatic amines is 1. The number of phenols is 1. The summed E-state index contributed by atoms with van der Waals surface area (Å²) in [5, 5.41) is 9.40. The third-order valence-electron chi connectivity index (χ3n) is 4.43. The molecule has 2 aromatic heterocycles. The molecule has 3 heterocycles. The van der Waals surface area contributed by atoms with Crippen molar-refractivity contribution in [3.63, 3.8) is 0 Å². The summed E-state index contributed by atoms with van der Waals surface area (Å²) in [5.74, 6) is 0.824. The lowest BCUT2D eigenvalue weighted by Crippen LogP contribution is -2.35. The Balaban J connectivity index is 1.60. The number of nitrogens with one attached hydrogen (secondary N) is 1. The fourth-order valence-electron chi connectivity index (χ4n) is 3.13. The Morgan fingerprint density at radius 2 is 2.04 bits per heavy atom. The summed E-state index contributed by atoms with van der Waals surface area (Å²) in [4.78, 5) is 26.3. The number of fused-ring (bicyclic) bond motifs is 1. The van der Waals surface area contributed by atoms with Crippen LogP contribution in [0, 0.1) is 0 Å². The van der Waals surface area contributed by atoms with Gasteiger partial charge < -0.3 is 10.1 Å². The molecule has 0 fully saturated rings. The van der Waals surface area contributed by atoms with E-state index in [2.05, 4.69) is 19.9 Å². The van der Waals surface area contributed by atoms with Gasteiger partial charge in [-0.15, -0.1) is 0 Å². The fraction of sp³-hybridized carbons (Fsp3) is 0.211. The average molecular weight is 334 g/mol. The highest BCUT2D eigenvalue weighted by Gasteiger charge is 2.21. The summed E-state index contributed by atoms with van der Waals surface area (Å²) in [6, 6.07) is 10.9. The van der Waals surface area contributed by atoms with Gasteiger partial charge in [0.05, 0.1) is 5.69 Å². The molecule has 0 saturated heterocycles. The van der Waals surface area contributed by atoms with E-state index in [1.807, 2.05) is 24.3 Å². The van der Waals surface area contributed by atoms with Crippen LogP contribution in [-0.4, -0.2) is 31.5 Å². The molecule has 0 atom stereocenters. The van der Waals surface area contributed by atoms with Crippen LogP contribution >= 0.6 is 0 Å². The van der Waals surface area contributed by atoms with Crippen LogP contribution in [0.15, 0.2) is 53.6 Å². The standard InChI is InChI=1S/C19H18N4O2/c24-15-5-3-13(4-6-15)11-23-9-7-16-17(12-23)21-18(22-19(16)25)14-2-1-8-20-10-14/h1-6,8,10,24H,7,9,11-12H2,(H,21,22,25). The molecular weight excluding hydrogens is 316 g/mol. The molecular formula is C19H18N4O2. The highest BCUT2D eigenvalue weighted by atomic mass is 16.3. The zero-order valence-electron chi connectivity index (χ0n) is 13.6. The zero-order valence-corrected chi connectivity index (χ0v) is 13.6. The molecule has 1 aliphatic heterocycles. The summed E-state index contributed by atoms with van der Waals surface area (Å²) >= 11 is 0. The van der Waals surface area contributed by atoms with Crippen molar-refractivity contribution in [2.24, 2.45) is 0 Å². The molecule has 0 bridgehead atoms. The van der Waals surface area contributed by atoms with Crippen LogP contribution in [0.1, 0.15) is 16.8 Å². The third kappa shape index (κ3) is 3.29. The van der Waals surface area contributed by atoms with Crippen LogP contribution < -0.4 is 5.56 Å². The largest absolute Gasteiger partial charge is 0.508 e. The number of rotatable bonds is 3. The lowest BCUT2D eigenvalue weighted by Gasteiger charge is -2.27. The van der Waals surface area contributed by atoms with Crippen molar-refractivity contribution in [1.29, 1.82) is 0 Å². The van der Waals surface area contributed by atoms with Crippen molar-refractivity contribution in [1.82, 2.24) is 19.9 Å². The van der Waals surface area contributed by atoms with Crippen LogP contribution in [0.4, 0.5) is 0 Å². The Labute approximate surface area is 144 Å². The van der Waals surface area contributed by atoms with Crippen LogP contribution in [-0.2, 0) is 19.5 Å². The van der Waals surface area contributed by atoms with E-state index < -0.39 is 0 Å². The van der Waals surface area contributed by atoms with Gasteiger partial charge in [0, 0.05) is 43.2 Å². The first-order chi connectivity index (χ1) is 12.2. The van der Waals surface area contributed by atoms with Gasteiger partial charge in [-0.1, -0.05) is 12.1 Å². The summed E-state index contributed by atoms with van der Waals surface area (Å²) in [7, 11) is 0. The van der Waals surface area contributed by atoms with Gasteiger partial charge >= 0.3 is 0 Å². The van der Waals surface area contributed by atoms with Crippen molar-refractivity contribution in [3.05, 3.63) is 76.0 Å². The minimum Gasteiger partial charge on any atom is -0.508 e. The van der Waals surface area contributed by atoms with E-state index in [4.69, 9.17) is 0 Å².